The van der Waals surface area contributed by atoms with E-state index in [1.807, 2.05) is 0 Å². The molecule has 0 fully saturated rings. The summed E-state index contributed by atoms with van der Waals surface area (Å²) < 4.78 is 0. The van der Waals surface area contributed by atoms with Gasteiger partial charge in [0.15, 0.2) is 0 Å². The Labute approximate surface area is 88.3 Å². The van der Waals surface area contributed by atoms with Gasteiger partial charge in [-0.05, 0) is 0 Å². The average Bonchev–Trinajstić information content (AvgIpc) is 0. The van der Waals surface area contributed by atoms with E-state index in [1.54, 1.807) is 0 Å². The Balaban J connectivity index is 0. The van der Waals surface area contributed by atoms with Crippen molar-refractivity contribution < 1.29 is 89.3 Å². The van der Waals surface area contributed by atoms with E-state index in [9.17, 15) is 0 Å². The van der Waals surface area contributed by atoms with Gasteiger partial charge < -0.3 is 42.7 Å². The predicted molar refractivity (Wildman–Crippen MR) is 1.94 cm³/mol. The number of hydrogen-bond donors (Lipinski definition) is 0. The van der Waals surface area contributed by atoms with Crippen LogP contribution in [0.5, 0.6) is 0 Å². The molecule has 0 heterocycles. The molecule has 0 atom stereocenters. The van der Waals surface area contributed by atoms with Crippen LogP contribution in [0, 0.1) is 0 Å². The molecular formula is HCl3FeNaO. The summed E-state index contributed by atoms with van der Waals surface area (Å²) in [6.45, 7) is 0. The van der Waals surface area contributed by atoms with Gasteiger partial charge in [-0.1, -0.05) is 0 Å². The molecule has 0 bridgehead atoms. The van der Waals surface area contributed by atoms with Crippen LogP contribution in [0.15, 0.2) is 0 Å². The molecule has 1 nitrogen and oxygen atoms in total. The molecule has 0 aromatic rings. The van der Waals surface area contributed by atoms with Crippen molar-refractivity contribution in [2.45, 2.75) is 0 Å². The SMILES string of the molecule is [Cl-].[Cl-].[Cl-].[Fe+3].[Na+].[OH-]. The van der Waals surface area contributed by atoms with Crippen molar-refractivity contribution in [3.8, 4) is 0 Å². The molecular weight excluding hydrogens is 201 g/mol. The summed E-state index contributed by atoms with van der Waals surface area (Å²) in [4.78, 5) is 0. The summed E-state index contributed by atoms with van der Waals surface area (Å²) in [5, 5.41) is 0. The summed E-state index contributed by atoms with van der Waals surface area (Å²) in [5.74, 6) is 0. The largest absolute Gasteiger partial charge is 3.00 e. The predicted octanol–water partition coefficient (Wildman–Crippen LogP) is -12.2. The summed E-state index contributed by atoms with van der Waals surface area (Å²) >= 11 is 0. The summed E-state index contributed by atoms with van der Waals surface area (Å²) in [6, 6.07) is 0. The Kier molecular flexibility index (Phi) is 731. The molecule has 0 amide bonds. The number of halogens is 3. The van der Waals surface area contributed by atoms with Crippen LogP contribution in [0.3, 0.4) is 0 Å². The van der Waals surface area contributed by atoms with Crippen LogP contribution in [-0.2, 0) is 17.1 Å². The normalized spacial score (nSPS) is 0. The molecule has 0 aliphatic heterocycles. The van der Waals surface area contributed by atoms with E-state index in [0.29, 0.717) is 0 Å². The first-order chi connectivity index (χ1) is 0. The maximum absolute atomic E-state index is 0. The molecule has 0 aliphatic rings. The van der Waals surface area contributed by atoms with E-state index in [1.165, 1.54) is 0 Å². The Bertz CT molecular complexity index is 10.8. The van der Waals surface area contributed by atoms with Crippen LogP contribution in [0.25, 0.3) is 0 Å². The third kappa shape index (κ3) is 32.9. The van der Waals surface area contributed by atoms with Gasteiger partial charge in [-0.15, -0.1) is 0 Å². The van der Waals surface area contributed by atoms with Gasteiger partial charge in [0.25, 0.3) is 0 Å². The third-order valence-corrected chi connectivity index (χ3v) is 0. The zero-order valence-corrected chi connectivity index (χ0v) is 8.31. The van der Waals surface area contributed by atoms with E-state index >= 15 is 0 Å². The molecule has 0 saturated heterocycles. The third-order valence-electron chi connectivity index (χ3n) is 0. The number of hydrogen-bond acceptors (Lipinski definition) is 1. The van der Waals surface area contributed by atoms with Crippen LogP contribution < -0.4 is 66.8 Å². The minimum absolute atomic E-state index is 0. The first-order valence-electron chi connectivity index (χ1n) is 0. The summed E-state index contributed by atoms with van der Waals surface area (Å²) in [5.41, 5.74) is 0. The van der Waals surface area contributed by atoms with Crippen LogP contribution in [0.2, 0.25) is 0 Å². The molecule has 0 aromatic carbocycles. The fraction of sp³-hybridized carbons (Fsp3) is 0. The zero-order valence-electron chi connectivity index (χ0n) is 2.93. The maximum Gasteiger partial charge on any atom is 3.00 e. The van der Waals surface area contributed by atoms with E-state index in [-0.39, 0.29) is 89.3 Å². The van der Waals surface area contributed by atoms with Crippen molar-refractivity contribution in [1.82, 2.24) is 0 Å². The molecule has 37 valence electrons. The van der Waals surface area contributed by atoms with Crippen LogP contribution in [0.4, 0.5) is 0 Å². The van der Waals surface area contributed by atoms with E-state index in [4.69, 9.17) is 0 Å². The Morgan fingerprint density at radius 3 is 0.667 bits per heavy atom. The van der Waals surface area contributed by atoms with Gasteiger partial charge in [-0.25, -0.2) is 0 Å². The molecule has 0 spiro atoms. The molecule has 6 heavy (non-hydrogen) atoms. The van der Waals surface area contributed by atoms with Crippen molar-refractivity contribution >= 4 is 0 Å². The Hall–Kier alpha value is 2.35. The van der Waals surface area contributed by atoms with Gasteiger partial charge >= 0.3 is 46.6 Å². The molecule has 6 heteroatoms. The van der Waals surface area contributed by atoms with Gasteiger partial charge in [0.1, 0.15) is 0 Å². The van der Waals surface area contributed by atoms with E-state index in [0.717, 1.165) is 0 Å². The van der Waals surface area contributed by atoms with Crippen molar-refractivity contribution in [1.29, 1.82) is 0 Å². The summed E-state index contributed by atoms with van der Waals surface area (Å²) in [7, 11) is 0. The minimum atomic E-state index is 0. The molecule has 1 radical (unpaired) electrons. The monoisotopic (exact) mass is 201 g/mol. The second kappa shape index (κ2) is 53.7. The van der Waals surface area contributed by atoms with Gasteiger partial charge in [0.05, 0.1) is 0 Å². The number of rotatable bonds is 0. The standard InChI is InChI=1S/3ClH.Fe.Na.H2O/h3*1H;;;1H2/q;;;+3;+1;/p-4. The first-order valence-corrected chi connectivity index (χ1v) is 0. The van der Waals surface area contributed by atoms with Crippen molar-refractivity contribution in [3.63, 3.8) is 0 Å². The van der Waals surface area contributed by atoms with Crippen LogP contribution in [0.1, 0.15) is 0 Å². The van der Waals surface area contributed by atoms with Gasteiger partial charge in [0.2, 0.25) is 0 Å². The molecule has 0 unspecified atom stereocenters. The second-order valence-corrected chi connectivity index (χ2v) is 0. The smallest absolute Gasteiger partial charge is 1.00 e. The second-order valence-electron chi connectivity index (χ2n) is 0. The zero-order chi connectivity index (χ0) is 0. The molecule has 0 aromatic heterocycles. The van der Waals surface area contributed by atoms with Crippen LogP contribution >= 0.6 is 0 Å². The first kappa shape index (κ1) is 81.7. The van der Waals surface area contributed by atoms with Crippen molar-refractivity contribution in [2.75, 3.05) is 0 Å². The van der Waals surface area contributed by atoms with Crippen molar-refractivity contribution in [3.05, 3.63) is 0 Å². The quantitative estimate of drug-likeness (QED) is 0.359. The summed E-state index contributed by atoms with van der Waals surface area (Å²) in [6.07, 6.45) is 0. The van der Waals surface area contributed by atoms with E-state index in [2.05, 4.69) is 0 Å². The van der Waals surface area contributed by atoms with Gasteiger partial charge in [-0.3, -0.25) is 0 Å². The fourth-order valence-electron chi connectivity index (χ4n) is 0. The Morgan fingerprint density at radius 2 is 0.667 bits per heavy atom. The molecule has 1 N–H and O–H groups in total. The molecule has 0 saturated carbocycles. The van der Waals surface area contributed by atoms with Gasteiger partial charge in [0, 0.05) is 0 Å². The van der Waals surface area contributed by atoms with E-state index < -0.39 is 0 Å². The topological polar surface area (TPSA) is 30.0 Å². The maximum atomic E-state index is 0. The molecule has 0 rings (SSSR count). The van der Waals surface area contributed by atoms with Gasteiger partial charge in [-0.2, -0.15) is 0 Å². The fourth-order valence-corrected chi connectivity index (χ4v) is 0. The van der Waals surface area contributed by atoms with Crippen molar-refractivity contribution in [2.24, 2.45) is 0 Å². The molecule has 0 aliphatic carbocycles. The Morgan fingerprint density at radius 1 is 0.667 bits per heavy atom. The van der Waals surface area contributed by atoms with Crippen LogP contribution in [-0.4, -0.2) is 5.48 Å². The average molecular weight is 202 g/mol. The minimum Gasteiger partial charge on any atom is -1.00 e.